The van der Waals surface area contributed by atoms with Crippen LogP contribution in [-0.4, -0.2) is 18.2 Å². The van der Waals surface area contributed by atoms with Gasteiger partial charge in [-0.1, -0.05) is 66.2 Å². The van der Waals surface area contributed by atoms with E-state index in [1.807, 2.05) is 54.6 Å². The van der Waals surface area contributed by atoms with Crippen molar-refractivity contribution in [3.8, 4) is 11.1 Å². The van der Waals surface area contributed by atoms with Crippen molar-refractivity contribution in [1.82, 2.24) is 5.32 Å². The third-order valence-corrected chi connectivity index (χ3v) is 5.20. The molecule has 3 aromatic carbocycles. The highest BCUT2D eigenvalue weighted by molar-refractivity contribution is 7.99. The Hall–Kier alpha value is -2.23. The van der Waals surface area contributed by atoms with E-state index in [1.54, 1.807) is 11.8 Å². The van der Waals surface area contributed by atoms with E-state index in [-0.39, 0.29) is 5.91 Å². The number of halogens is 1. The molecule has 0 saturated carbocycles. The Bertz CT molecular complexity index is 832. The summed E-state index contributed by atoms with van der Waals surface area (Å²) in [5.41, 5.74) is 3.37. The lowest BCUT2D eigenvalue weighted by Crippen LogP contribution is -2.27. The van der Waals surface area contributed by atoms with E-state index in [4.69, 9.17) is 11.6 Å². The first-order valence-electron chi connectivity index (χ1n) is 8.50. The number of rotatable bonds is 7. The highest BCUT2D eigenvalue weighted by atomic mass is 35.5. The van der Waals surface area contributed by atoms with Crippen LogP contribution in [0.5, 0.6) is 0 Å². The average molecular weight is 382 g/mol. The molecule has 3 aromatic rings. The fourth-order valence-corrected chi connectivity index (χ4v) is 3.48. The maximum Gasteiger partial charge on any atom is 0.224 e. The molecule has 0 aliphatic rings. The molecule has 4 heteroatoms. The molecule has 0 aromatic heterocycles. The second kappa shape index (κ2) is 9.46. The Balaban J connectivity index is 1.42. The van der Waals surface area contributed by atoms with Crippen LogP contribution in [0.1, 0.15) is 5.56 Å². The van der Waals surface area contributed by atoms with Crippen molar-refractivity contribution in [3.63, 3.8) is 0 Å². The van der Waals surface area contributed by atoms with Gasteiger partial charge in [-0.05, 0) is 41.0 Å². The molecule has 0 aliphatic carbocycles. The molecule has 0 radical (unpaired) electrons. The number of amides is 1. The fraction of sp³-hybridized carbons (Fsp3) is 0.136. The van der Waals surface area contributed by atoms with Crippen LogP contribution >= 0.6 is 23.4 Å². The summed E-state index contributed by atoms with van der Waals surface area (Å²) in [4.78, 5) is 13.2. The van der Waals surface area contributed by atoms with Crippen molar-refractivity contribution in [1.29, 1.82) is 0 Å². The molecule has 2 nitrogen and oxygen atoms in total. The summed E-state index contributed by atoms with van der Waals surface area (Å²) in [7, 11) is 0. The predicted octanol–water partition coefficient (Wildman–Crippen LogP) is 5.46. The van der Waals surface area contributed by atoms with Crippen LogP contribution in [0.4, 0.5) is 0 Å². The lowest BCUT2D eigenvalue weighted by molar-refractivity contribution is -0.120. The van der Waals surface area contributed by atoms with E-state index >= 15 is 0 Å². The van der Waals surface area contributed by atoms with E-state index in [0.717, 1.165) is 26.8 Å². The smallest absolute Gasteiger partial charge is 0.224 e. The second-order valence-corrected chi connectivity index (χ2v) is 7.50. The zero-order valence-electron chi connectivity index (χ0n) is 14.3. The molecule has 0 fully saturated rings. The van der Waals surface area contributed by atoms with Gasteiger partial charge in [0.25, 0.3) is 0 Å². The summed E-state index contributed by atoms with van der Waals surface area (Å²) in [5.74, 6) is 0.884. The first-order chi connectivity index (χ1) is 12.7. The van der Waals surface area contributed by atoms with Crippen LogP contribution in [0.25, 0.3) is 11.1 Å². The fourth-order valence-electron chi connectivity index (χ4n) is 2.58. The molecule has 0 heterocycles. The molecule has 132 valence electrons. The maximum atomic E-state index is 12.1. The lowest BCUT2D eigenvalue weighted by Gasteiger charge is -2.07. The number of carbonyl (C=O) groups excluding carboxylic acids is 1. The van der Waals surface area contributed by atoms with Gasteiger partial charge in [0.1, 0.15) is 0 Å². The summed E-state index contributed by atoms with van der Waals surface area (Å²) in [6, 6.07) is 26.1. The van der Waals surface area contributed by atoms with Crippen LogP contribution in [0.3, 0.4) is 0 Å². The Kier molecular flexibility index (Phi) is 6.75. The van der Waals surface area contributed by atoms with Gasteiger partial charge in [0.2, 0.25) is 5.91 Å². The summed E-state index contributed by atoms with van der Waals surface area (Å²) in [6.45, 7) is 0.647. The van der Waals surface area contributed by atoms with Gasteiger partial charge in [-0.25, -0.2) is 0 Å². The molecule has 3 rings (SSSR count). The molecule has 0 unspecified atom stereocenters. The topological polar surface area (TPSA) is 29.1 Å². The van der Waals surface area contributed by atoms with Crippen LogP contribution < -0.4 is 5.32 Å². The molecule has 0 atom stereocenters. The predicted molar refractivity (Wildman–Crippen MR) is 111 cm³/mol. The molecular formula is C22H20ClNOS. The highest BCUT2D eigenvalue weighted by Gasteiger charge is 2.04. The van der Waals surface area contributed by atoms with Gasteiger partial charge in [0, 0.05) is 22.2 Å². The maximum absolute atomic E-state index is 12.1. The number of hydrogen-bond donors (Lipinski definition) is 1. The van der Waals surface area contributed by atoms with Crippen molar-refractivity contribution in [3.05, 3.63) is 89.4 Å². The van der Waals surface area contributed by atoms with E-state index in [2.05, 4.69) is 29.6 Å². The molecule has 1 N–H and O–H groups in total. The first kappa shape index (κ1) is 18.6. The molecule has 0 aliphatic heterocycles. The SMILES string of the molecule is O=C(Cc1ccc(-c2ccccc2)cc1)NCCSc1ccc(Cl)cc1. The normalized spacial score (nSPS) is 10.5. The van der Waals surface area contributed by atoms with Gasteiger partial charge < -0.3 is 5.32 Å². The number of benzene rings is 3. The minimum Gasteiger partial charge on any atom is -0.355 e. The quantitative estimate of drug-likeness (QED) is 0.435. The van der Waals surface area contributed by atoms with Gasteiger partial charge in [-0.15, -0.1) is 11.8 Å². The van der Waals surface area contributed by atoms with Crippen molar-refractivity contribution in [2.24, 2.45) is 0 Å². The van der Waals surface area contributed by atoms with Gasteiger partial charge in [-0.3, -0.25) is 4.79 Å². The van der Waals surface area contributed by atoms with Gasteiger partial charge >= 0.3 is 0 Å². The highest BCUT2D eigenvalue weighted by Crippen LogP contribution is 2.20. The third-order valence-electron chi connectivity index (χ3n) is 3.93. The van der Waals surface area contributed by atoms with Crippen LogP contribution in [0, 0.1) is 0 Å². The average Bonchev–Trinajstić information content (AvgIpc) is 2.68. The summed E-state index contributed by atoms with van der Waals surface area (Å²) >= 11 is 7.57. The van der Waals surface area contributed by atoms with E-state index in [9.17, 15) is 4.79 Å². The monoisotopic (exact) mass is 381 g/mol. The van der Waals surface area contributed by atoms with Gasteiger partial charge in [-0.2, -0.15) is 0 Å². The molecular weight excluding hydrogens is 362 g/mol. The van der Waals surface area contributed by atoms with E-state index < -0.39 is 0 Å². The Morgan fingerprint density at radius 3 is 2.19 bits per heavy atom. The molecule has 1 amide bonds. The summed E-state index contributed by atoms with van der Waals surface area (Å²) in [5, 5.41) is 3.71. The van der Waals surface area contributed by atoms with Crippen molar-refractivity contribution < 1.29 is 4.79 Å². The lowest BCUT2D eigenvalue weighted by atomic mass is 10.0. The summed E-state index contributed by atoms with van der Waals surface area (Å²) < 4.78 is 0. The Morgan fingerprint density at radius 2 is 1.50 bits per heavy atom. The van der Waals surface area contributed by atoms with E-state index in [0.29, 0.717) is 13.0 Å². The van der Waals surface area contributed by atoms with E-state index in [1.165, 1.54) is 5.56 Å². The molecule has 26 heavy (non-hydrogen) atoms. The first-order valence-corrected chi connectivity index (χ1v) is 9.86. The van der Waals surface area contributed by atoms with Crippen LogP contribution in [-0.2, 0) is 11.2 Å². The minimum absolute atomic E-state index is 0.0502. The molecule has 0 spiro atoms. The zero-order valence-corrected chi connectivity index (χ0v) is 15.9. The largest absolute Gasteiger partial charge is 0.355 e. The van der Waals surface area contributed by atoms with Crippen molar-refractivity contribution in [2.75, 3.05) is 12.3 Å². The third kappa shape index (κ3) is 5.65. The number of thioether (sulfide) groups is 1. The second-order valence-electron chi connectivity index (χ2n) is 5.89. The van der Waals surface area contributed by atoms with Crippen molar-refractivity contribution in [2.45, 2.75) is 11.3 Å². The molecule has 0 saturated heterocycles. The standard InChI is InChI=1S/C22H20ClNOS/c23-20-10-12-21(13-11-20)26-15-14-24-22(25)16-17-6-8-19(9-7-17)18-4-2-1-3-5-18/h1-13H,14-16H2,(H,24,25). The van der Waals surface area contributed by atoms with Crippen LogP contribution in [0.2, 0.25) is 5.02 Å². The summed E-state index contributed by atoms with van der Waals surface area (Å²) in [6.07, 6.45) is 0.403. The number of hydrogen-bond acceptors (Lipinski definition) is 2. The van der Waals surface area contributed by atoms with Crippen molar-refractivity contribution >= 4 is 29.3 Å². The Labute approximate surface area is 163 Å². The Morgan fingerprint density at radius 1 is 0.846 bits per heavy atom. The minimum atomic E-state index is 0.0502. The molecule has 0 bridgehead atoms. The van der Waals surface area contributed by atoms with Gasteiger partial charge in [0.05, 0.1) is 6.42 Å². The zero-order chi connectivity index (χ0) is 18.2. The number of carbonyl (C=O) groups is 1. The van der Waals surface area contributed by atoms with Crippen LogP contribution in [0.15, 0.2) is 83.8 Å². The number of nitrogens with one attached hydrogen (secondary N) is 1. The van der Waals surface area contributed by atoms with Gasteiger partial charge in [0.15, 0.2) is 0 Å².